The standard InChI is InChI=1S/C18H19NO5S/c1-12-8-9-25-16(12)6-7-18(21)24-11-17(20)19-14-10-13(22-2)4-5-15(14)23-3/h4-10H,11H2,1-3H3,(H,19,20)/b7-6+. The molecule has 2 aromatic rings. The van der Waals surface area contributed by atoms with Gasteiger partial charge in [0, 0.05) is 17.0 Å². The predicted molar refractivity (Wildman–Crippen MR) is 97.2 cm³/mol. The number of anilines is 1. The SMILES string of the molecule is COc1ccc(OC)c(NC(=O)COC(=O)/C=C/c2sccc2C)c1. The summed E-state index contributed by atoms with van der Waals surface area (Å²) < 4.78 is 15.2. The first-order chi connectivity index (χ1) is 12.0. The summed E-state index contributed by atoms with van der Waals surface area (Å²) in [5, 5.41) is 4.57. The largest absolute Gasteiger partial charge is 0.497 e. The van der Waals surface area contributed by atoms with Crippen LogP contribution in [-0.4, -0.2) is 32.7 Å². The Morgan fingerprint density at radius 2 is 2.00 bits per heavy atom. The van der Waals surface area contributed by atoms with Crippen LogP contribution in [0, 0.1) is 6.92 Å². The summed E-state index contributed by atoms with van der Waals surface area (Å²) in [6.07, 6.45) is 2.98. The number of hydrogen-bond donors (Lipinski definition) is 1. The lowest BCUT2D eigenvalue weighted by Crippen LogP contribution is -2.20. The molecule has 0 bridgehead atoms. The number of hydrogen-bond acceptors (Lipinski definition) is 6. The average molecular weight is 361 g/mol. The van der Waals surface area contributed by atoms with Crippen molar-refractivity contribution in [1.29, 1.82) is 0 Å². The first-order valence-corrected chi connectivity index (χ1v) is 8.32. The van der Waals surface area contributed by atoms with Crippen LogP contribution >= 0.6 is 11.3 Å². The molecule has 0 fully saturated rings. The molecule has 0 unspecified atom stereocenters. The van der Waals surface area contributed by atoms with Crippen LogP contribution in [0.2, 0.25) is 0 Å². The Labute approximate surface area is 150 Å². The third kappa shape index (κ3) is 5.36. The van der Waals surface area contributed by atoms with Crippen molar-refractivity contribution in [3.8, 4) is 11.5 Å². The molecule has 0 saturated carbocycles. The molecule has 1 aromatic heterocycles. The van der Waals surface area contributed by atoms with Crippen LogP contribution in [0.3, 0.4) is 0 Å². The first kappa shape index (κ1) is 18.5. The van der Waals surface area contributed by atoms with Gasteiger partial charge in [-0.05, 0) is 42.1 Å². The lowest BCUT2D eigenvalue weighted by molar-refractivity contribution is -0.142. The molecule has 0 aliphatic rings. The Bertz CT molecular complexity index is 782. The van der Waals surface area contributed by atoms with Crippen LogP contribution in [-0.2, 0) is 14.3 Å². The molecule has 132 valence electrons. The highest BCUT2D eigenvalue weighted by molar-refractivity contribution is 7.11. The average Bonchev–Trinajstić information content (AvgIpc) is 3.03. The molecule has 0 aliphatic heterocycles. The molecule has 0 saturated heterocycles. The third-order valence-electron chi connectivity index (χ3n) is 3.30. The van der Waals surface area contributed by atoms with E-state index in [9.17, 15) is 9.59 Å². The molecule has 25 heavy (non-hydrogen) atoms. The van der Waals surface area contributed by atoms with Gasteiger partial charge in [-0.15, -0.1) is 11.3 Å². The second-order valence-electron chi connectivity index (χ2n) is 5.02. The summed E-state index contributed by atoms with van der Waals surface area (Å²) in [6.45, 7) is 1.56. The zero-order valence-corrected chi connectivity index (χ0v) is 15.0. The highest BCUT2D eigenvalue weighted by Crippen LogP contribution is 2.28. The van der Waals surface area contributed by atoms with Gasteiger partial charge in [0.15, 0.2) is 6.61 Å². The third-order valence-corrected chi connectivity index (χ3v) is 4.28. The van der Waals surface area contributed by atoms with E-state index in [1.54, 1.807) is 24.3 Å². The van der Waals surface area contributed by atoms with E-state index in [0.29, 0.717) is 17.2 Å². The van der Waals surface area contributed by atoms with E-state index in [-0.39, 0.29) is 0 Å². The van der Waals surface area contributed by atoms with Gasteiger partial charge in [0.25, 0.3) is 5.91 Å². The number of nitrogens with one attached hydrogen (secondary N) is 1. The van der Waals surface area contributed by atoms with Crippen molar-refractivity contribution in [2.75, 3.05) is 26.1 Å². The van der Waals surface area contributed by atoms with Crippen molar-refractivity contribution in [2.24, 2.45) is 0 Å². The molecule has 1 N–H and O–H groups in total. The van der Waals surface area contributed by atoms with E-state index < -0.39 is 18.5 Å². The normalized spacial score (nSPS) is 10.5. The maximum atomic E-state index is 12.0. The van der Waals surface area contributed by atoms with Crippen molar-refractivity contribution in [3.05, 3.63) is 46.2 Å². The Morgan fingerprint density at radius 1 is 1.20 bits per heavy atom. The molecular formula is C18H19NO5S. The van der Waals surface area contributed by atoms with Gasteiger partial charge in [-0.2, -0.15) is 0 Å². The number of benzene rings is 1. The highest BCUT2D eigenvalue weighted by Gasteiger charge is 2.11. The number of carbonyl (C=O) groups excluding carboxylic acids is 2. The summed E-state index contributed by atoms with van der Waals surface area (Å²) in [6, 6.07) is 6.97. The van der Waals surface area contributed by atoms with Crippen LogP contribution in [0.15, 0.2) is 35.7 Å². The minimum atomic E-state index is -0.583. The van der Waals surface area contributed by atoms with Gasteiger partial charge < -0.3 is 19.5 Å². The number of amides is 1. The summed E-state index contributed by atoms with van der Waals surface area (Å²) >= 11 is 1.53. The smallest absolute Gasteiger partial charge is 0.331 e. The lowest BCUT2D eigenvalue weighted by atomic mass is 10.2. The Morgan fingerprint density at radius 3 is 2.64 bits per heavy atom. The Hall–Kier alpha value is -2.80. The van der Waals surface area contributed by atoms with E-state index in [1.165, 1.54) is 31.6 Å². The summed E-state index contributed by atoms with van der Waals surface area (Å²) in [5.74, 6) is -0.00273. The molecule has 1 aromatic carbocycles. The number of esters is 1. The molecule has 0 aliphatic carbocycles. The van der Waals surface area contributed by atoms with Gasteiger partial charge in [0.1, 0.15) is 11.5 Å². The second-order valence-corrected chi connectivity index (χ2v) is 5.97. The van der Waals surface area contributed by atoms with Gasteiger partial charge >= 0.3 is 5.97 Å². The van der Waals surface area contributed by atoms with Crippen LogP contribution in [0.4, 0.5) is 5.69 Å². The van der Waals surface area contributed by atoms with Gasteiger partial charge in [-0.1, -0.05) is 0 Å². The van der Waals surface area contributed by atoms with Crippen LogP contribution in [0.5, 0.6) is 11.5 Å². The second kappa shape index (κ2) is 8.89. The van der Waals surface area contributed by atoms with E-state index in [2.05, 4.69) is 5.32 Å². The van der Waals surface area contributed by atoms with Crippen molar-refractivity contribution < 1.29 is 23.8 Å². The van der Waals surface area contributed by atoms with Crippen molar-refractivity contribution >= 4 is 35.0 Å². The van der Waals surface area contributed by atoms with E-state index in [0.717, 1.165) is 10.4 Å². The number of carbonyl (C=O) groups is 2. The van der Waals surface area contributed by atoms with Gasteiger partial charge in [-0.25, -0.2) is 4.79 Å². The number of ether oxygens (including phenoxy) is 3. The Kier molecular flexibility index (Phi) is 6.59. The molecule has 0 atom stereocenters. The fourth-order valence-electron chi connectivity index (χ4n) is 1.98. The monoisotopic (exact) mass is 361 g/mol. The number of thiophene rings is 1. The molecule has 1 amide bonds. The highest BCUT2D eigenvalue weighted by atomic mass is 32.1. The number of methoxy groups -OCH3 is 2. The fourth-order valence-corrected chi connectivity index (χ4v) is 2.80. The molecule has 1 heterocycles. The van der Waals surface area contributed by atoms with Crippen LogP contribution in [0.25, 0.3) is 6.08 Å². The molecule has 6 nitrogen and oxygen atoms in total. The predicted octanol–water partition coefficient (Wildman–Crippen LogP) is 3.27. The summed E-state index contributed by atoms with van der Waals surface area (Å²) in [5.41, 5.74) is 1.52. The molecule has 7 heteroatoms. The molecule has 0 radical (unpaired) electrons. The first-order valence-electron chi connectivity index (χ1n) is 7.44. The zero-order valence-electron chi connectivity index (χ0n) is 14.2. The maximum Gasteiger partial charge on any atom is 0.331 e. The maximum absolute atomic E-state index is 12.0. The lowest BCUT2D eigenvalue weighted by Gasteiger charge is -2.11. The topological polar surface area (TPSA) is 73.9 Å². The van der Waals surface area contributed by atoms with Gasteiger partial charge in [0.2, 0.25) is 0 Å². The number of rotatable bonds is 7. The van der Waals surface area contributed by atoms with E-state index in [4.69, 9.17) is 14.2 Å². The summed E-state index contributed by atoms with van der Waals surface area (Å²) in [7, 11) is 3.02. The van der Waals surface area contributed by atoms with Crippen LogP contribution in [0.1, 0.15) is 10.4 Å². The number of aryl methyl sites for hydroxylation is 1. The van der Waals surface area contributed by atoms with E-state index >= 15 is 0 Å². The molecule has 0 spiro atoms. The fraction of sp³-hybridized carbons (Fsp3) is 0.222. The quantitative estimate of drug-likeness (QED) is 0.605. The zero-order chi connectivity index (χ0) is 18.2. The van der Waals surface area contributed by atoms with Gasteiger partial charge in [-0.3, -0.25) is 4.79 Å². The van der Waals surface area contributed by atoms with Crippen molar-refractivity contribution in [1.82, 2.24) is 0 Å². The minimum absolute atomic E-state index is 0.396. The van der Waals surface area contributed by atoms with Crippen LogP contribution < -0.4 is 14.8 Å². The molecular weight excluding hydrogens is 342 g/mol. The Balaban J connectivity index is 1.89. The van der Waals surface area contributed by atoms with E-state index in [1.807, 2.05) is 18.4 Å². The van der Waals surface area contributed by atoms with Crippen molar-refractivity contribution in [3.63, 3.8) is 0 Å². The van der Waals surface area contributed by atoms with Gasteiger partial charge in [0.05, 0.1) is 19.9 Å². The summed E-state index contributed by atoms with van der Waals surface area (Å²) in [4.78, 5) is 24.6. The van der Waals surface area contributed by atoms with Crippen molar-refractivity contribution in [2.45, 2.75) is 6.92 Å². The minimum Gasteiger partial charge on any atom is -0.497 e. The molecule has 2 rings (SSSR count).